The van der Waals surface area contributed by atoms with Crippen LogP contribution in [-0.4, -0.2) is 33.6 Å². The first-order valence-corrected chi connectivity index (χ1v) is 6.60. The predicted octanol–water partition coefficient (Wildman–Crippen LogP) is 1.40. The highest BCUT2D eigenvalue weighted by atomic mass is 79.9. The molecule has 0 bridgehead atoms. The van der Waals surface area contributed by atoms with Gasteiger partial charge in [-0.15, -0.1) is 0 Å². The monoisotopic (exact) mass is 353 g/mol. The third kappa shape index (κ3) is 3.37. The largest absolute Gasteiger partial charge is 0.503 e. The van der Waals surface area contributed by atoms with Crippen LogP contribution < -0.4 is 15.9 Å². The highest BCUT2D eigenvalue weighted by Gasteiger charge is 2.09. The number of aryl methyl sites for hydroxylation is 1. The zero-order valence-electron chi connectivity index (χ0n) is 11.2. The molecule has 1 aromatic carbocycles. The fourth-order valence-electron chi connectivity index (χ4n) is 1.49. The van der Waals surface area contributed by atoms with Crippen LogP contribution in [0.15, 0.2) is 26.5 Å². The average Bonchev–Trinajstić information content (AvgIpc) is 2.47. The Bertz CT molecular complexity index is 744. The van der Waals surface area contributed by atoms with Gasteiger partial charge in [0.15, 0.2) is 17.3 Å². The van der Waals surface area contributed by atoms with Gasteiger partial charge in [0.05, 0.1) is 17.8 Å². The van der Waals surface area contributed by atoms with Gasteiger partial charge in [0.25, 0.3) is 0 Å². The molecule has 0 aliphatic carbocycles. The zero-order chi connectivity index (χ0) is 15.4. The van der Waals surface area contributed by atoms with Crippen molar-refractivity contribution >= 4 is 28.0 Å². The second-order valence-corrected chi connectivity index (χ2v) is 4.76. The lowest BCUT2D eigenvalue weighted by Crippen LogP contribution is -2.15. The van der Waals surface area contributed by atoms with E-state index in [2.05, 4.69) is 41.6 Å². The number of aromatic hydroxyl groups is 1. The third-order valence-electron chi connectivity index (χ3n) is 2.58. The van der Waals surface area contributed by atoms with E-state index in [-0.39, 0.29) is 11.6 Å². The molecule has 0 aliphatic rings. The molecule has 0 aliphatic heterocycles. The first kappa shape index (κ1) is 15.0. The molecule has 8 nitrogen and oxygen atoms in total. The van der Waals surface area contributed by atoms with E-state index in [1.54, 1.807) is 19.1 Å². The maximum absolute atomic E-state index is 11.1. The summed E-state index contributed by atoms with van der Waals surface area (Å²) in [5.74, 6) is 0.584. The summed E-state index contributed by atoms with van der Waals surface area (Å²) in [6, 6.07) is 3.32. The number of aromatic amines is 1. The Morgan fingerprint density at radius 3 is 3.00 bits per heavy atom. The van der Waals surface area contributed by atoms with Crippen LogP contribution in [0, 0.1) is 6.92 Å². The van der Waals surface area contributed by atoms with Gasteiger partial charge in [0.1, 0.15) is 5.69 Å². The summed E-state index contributed by atoms with van der Waals surface area (Å²) in [4.78, 5) is 14.8. The Morgan fingerprint density at radius 2 is 2.29 bits per heavy atom. The molecule has 0 radical (unpaired) electrons. The number of phenolic OH excluding ortho intramolecular Hbond substituents is 1. The van der Waals surface area contributed by atoms with E-state index in [1.165, 1.54) is 13.3 Å². The molecule has 0 fully saturated rings. The molecule has 0 unspecified atom stereocenters. The highest BCUT2D eigenvalue weighted by molar-refractivity contribution is 9.10. The van der Waals surface area contributed by atoms with Gasteiger partial charge in [-0.2, -0.15) is 15.2 Å². The zero-order valence-corrected chi connectivity index (χ0v) is 12.8. The Kier molecular flexibility index (Phi) is 4.53. The fraction of sp³-hybridized carbons (Fsp3) is 0.167. The van der Waals surface area contributed by atoms with Gasteiger partial charge in [-0.25, -0.2) is 9.89 Å². The van der Waals surface area contributed by atoms with Crippen LogP contribution in [0.25, 0.3) is 0 Å². The van der Waals surface area contributed by atoms with E-state index in [9.17, 15) is 9.90 Å². The maximum Gasteiger partial charge on any atom is 0.363 e. The molecule has 2 rings (SSSR count). The summed E-state index contributed by atoms with van der Waals surface area (Å²) in [6.45, 7) is 1.68. The molecule has 0 amide bonds. The molecule has 3 N–H and O–H groups in total. The lowest BCUT2D eigenvalue weighted by Gasteiger charge is -2.07. The molecule has 0 spiro atoms. The van der Waals surface area contributed by atoms with Crippen molar-refractivity contribution in [3.05, 3.63) is 38.3 Å². The van der Waals surface area contributed by atoms with Gasteiger partial charge in [-0.05, 0) is 35.0 Å². The van der Waals surface area contributed by atoms with E-state index in [1.807, 2.05) is 0 Å². The summed E-state index contributed by atoms with van der Waals surface area (Å²) in [6.07, 6.45) is 1.46. The summed E-state index contributed by atoms with van der Waals surface area (Å²) in [5.41, 5.74) is 3.18. The molecule has 1 heterocycles. The van der Waals surface area contributed by atoms with Crippen molar-refractivity contribution in [2.45, 2.75) is 6.92 Å². The van der Waals surface area contributed by atoms with Gasteiger partial charge in [0, 0.05) is 5.56 Å². The summed E-state index contributed by atoms with van der Waals surface area (Å²) >= 11 is 3.25. The first-order chi connectivity index (χ1) is 10.0. The van der Waals surface area contributed by atoms with Gasteiger partial charge < -0.3 is 9.84 Å². The van der Waals surface area contributed by atoms with Crippen LogP contribution in [0.5, 0.6) is 11.5 Å². The van der Waals surface area contributed by atoms with Crippen molar-refractivity contribution in [2.75, 3.05) is 12.5 Å². The van der Waals surface area contributed by atoms with E-state index in [0.29, 0.717) is 21.5 Å². The highest BCUT2D eigenvalue weighted by Crippen LogP contribution is 2.35. The topological polar surface area (TPSA) is 112 Å². The quantitative estimate of drug-likeness (QED) is 0.565. The number of phenols is 1. The molecule has 1 aromatic heterocycles. The van der Waals surface area contributed by atoms with Gasteiger partial charge >= 0.3 is 5.69 Å². The van der Waals surface area contributed by atoms with Crippen LogP contribution in [0.4, 0.5) is 5.82 Å². The minimum absolute atomic E-state index is 0.0198. The average molecular weight is 354 g/mol. The number of anilines is 1. The predicted molar refractivity (Wildman–Crippen MR) is 81.0 cm³/mol. The van der Waals surface area contributed by atoms with Crippen molar-refractivity contribution in [1.29, 1.82) is 0 Å². The van der Waals surface area contributed by atoms with Crippen molar-refractivity contribution in [2.24, 2.45) is 5.10 Å². The second kappa shape index (κ2) is 6.35. The molecule has 0 atom stereocenters. The number of hydrazone groups is 1. The minimum atomic E-state index is -0.568. The minimum Gasteiger partial charge on any atom is -0.503 e. The van der Waals surface area contributed by atoms with E-state index < -0.39 is 5.69 Å². The lowest BCUT2D eigenvalue weighted by atomic mass is 10.2. The Labute approximate surface area is 128 Å². The number of hydrogen-bond acceptors (Lipinski definition) is 7. The molecule has 110 valence electrons. The normalized spacial score (nSPS) is 10.8. The molecule has 0 saturated carbocycles. The molecule has 21 heavy (non-hydrogen) atoms. The SMILES string of the molecule is COc1ccc(/C=N/Nc2nc(=O)[nH]nc2C)c(Br)c1O. The number of rotatable bonds is 4. The van der Waals surface area contributed by atoms with Crippen LogP contribution in [0.1, 0.15) is 11.3 Å². The third-order valence-corrected chi connectivity index (χ3v) is 3.41. The molecule has 2 aromatic rings. The van der Waals surface area contributed by atoms with Gasteiger partial charge in [-0.1, -0.05) is 0 Å². The number of aromatic nitrogens is 3. The van der Waals surface area contributed by atoms with E-state index in [0.717, 1.165) is 0 Å². The maximum atomic E-state index is 11.1. The number of hydrogen-bond donors (Lipinski definition) is 3. The van der Waals surface area contributed by atoms with Crippen LogP contribution in [-0.2, 0) is 0 Å². The standard InChI is InChI=1S/C12H12BrN5O3/c1-6-11(15-12(20)18-16-6)17-14-5-7-3-4-8(21-2)10(19)9(7)13/h3-5,19H,1-2H3,(H2,15,17,18,20)/b14-5+. The van der Waals surface area contributed by atoms with E-state index in [4.69, 9.17) is 4.74 Å². The Morgan fingerprint density at radius 1 is 1.52 bits per heavy atom. The van der Waals surface area contributed by atoms with E-state index >= 15 is 0 Å². The smallest absolute Gasteiger partial charge is 0.363 e. The second-order valence-electron chi connectivity index (χ2n) is 3.96. The van der Waals surface area contributed by atoms with Gasteiger partial charge in [0.2, 0.25) is 0 Å². The van der Waals surface area contributed by atoms with Crippen LogP contribution in [0.2, 0.25) is 0 Å². The number of ether oxygens (including phenoxy) is 1. The van der Waals surface area contributed by atoms with Crippen LogP contribution >= 0.6 is 15.9 Å². The van der Waals surface area contributed by atoms with Gasteiger partial charge in [-0.3, -0.25) is 5.43 Å². The van der Waals surface area contributed by atoms with Crippen molar-refractivity contribution < 1.29 is 9.84 Å². The van der Waals surface area contributed by atoms with Crippen molar-refractivity contribution in [3.63, 3.8) is 0 Å². The number of nitrogens with zero attached hydrogens (tertiary/aromatic N) is 3. The van der Waals surface area contributed by atoms with Crippen molar-refractivity contribution in [3.8, 4) is 11.5 Å². The van der Waals surface area contributed by atoms with Crippen LogP contribution in [0.3, 0.4) is 0 Å². The Hall–Kier alpha value is -2.42. The summed E-state index contributed by atoms with van der Waals surface area (Å²) in [7, 11) is 1.46. The van der Waals surface area contributed by atoms with Crippen molar-refractivity contribution in [1.82, 2.24) is 15.2 Å². The molecular weight excluding hydrogens is 342 g/mol. The summed E-state index contributed by atoms with van der Waals surface area (Å²) in [5, 5.41) is 19.8. The number of H-pyrrole nitrogens is 1. The lowest BCUT2D eigenvalue weighted by molar-refractivity contribution is 0.372. The number of halogens is 1. The first-order valence-electron chi connectivity index (χ1n) is 5.80. The number of benzene rings is 1. The Balaban J connectivity index is 2.20. The summed E-state index contributed by atoms with van der Waals surface area (Å²) < 4.78 is 5.43. The molecular formula is C12H12BrN5O3. The molecule has 0 saturated heterocycles. The molecule has 9 heteroatoms. The number of nitrogens with one attached hydrogen (secondary N) is 2. The fourth-order valence-corrected chi connectivity index (χ4v) is 1.92. The number of methoxy groups -OCH3 is 1.